The Kier molecular flexibility index (Phi) is 13.1. The Bertz CT molecular complexity index is 3010. The first-order valence-electron chi connectivity index (χ1n) is 26.3. The van der Waals surface area contributed by atoms with Crippen LogP contribution >= 0.6 is 0 Å². The maximum absolute atomic E-state index is 14.5. The van der Waals surface area contributed by atoms with Crippen LogP contribution in [0, 0.1) is 21.4 Å². The number of piperidine rings is 1. The Morgan fingerprint density at radius 2 is 1.77 bits per heavy atom. The number of fused-ring (bicyclic) bond motifs is 2. The molecule has 5 aromatic rings. The van der Waals surface area contributed by atoms with Gasteiger partial charge in [0.25, 0.3) is 27.5 Å². The maximum atomic E-state index is 14.5. The van der Waals surface area contributed by atoms with Crippen molar-refractivity contribution in [2.45, 2.75) is 132 Å². The number of amides is 1. The molecule has 3 aromatic carbocycles. The largest absolute Gasteiger partial charge is 0.489 e. The molecule has 3 atom stereocenters. The van der Waals surface area contributed by atoms with Crippen LogP contribution in [0.25, 0.3) is 11.0 Å². The van der Waals surface area contributed by atoms with Crippen molar-refractivity contribution in [3.8, 4) is 23.1 Å². The fourth-order valence-electron chi connectivity index (χ4n) is 12.6. The number of aromatic nitrogens is 2. The number of ether oxygens (including phenoxy) is 3. The van der Waals surface area contributed by atoms with Crippen LogP contribution in [-0.4, -0.2) is 114 Å². The summed E-state index contributed by atoms with van der Waals surface area (Å²) in [5.74, 6) is 0.157. The molecule has 2 saturated carbocycles. The number of nitro groups is 1. The highest BCUT2D eigenvalue weighted by Crippen LogP contribution is 2.55. The predicted molar refractivity (Wildman–Crippen MR) is 278 cm³/mol. The van der Waals surface area contributed by atoms with E-state index in [1.54, 1.807) is 24.4 Å². The number of hydrogen-bond acceptors (Lipinski definition) is 14. The van der Waals surface area contributed by atoms with Crippen LogP contribution in [0.3, 0.4) is 0 Å². The van der Waals surface area contributed by atoms with E-state index in [2.05, 4.69) is 67.8 Å². The molecule has 4 N–H and O–H groups in total. The van der Waals surface area contributed by atoms with E-state index >= 15 is 0 Å². The lowest BCUT2D eigenvalue weighted by molar-refractivity contribution is -0.384. The highest BCUT2D eigenvalue weighted by Gasteiger charge is 2.50. The summed E-state index contributed by atoms with van der Waals surface area (Å²) in [7, 11) is -2.68. The number of likely N-dealkylation sites (tertiary alicyclic amines) is 2. The van der Waals surface area contributed by atoms with Crippen molar-refractivity contribution in [3.63, 3.8) is 0 Å². The number of anilines is 2. The van der Waals surface area contributed by atoms with Crippen LogP contribution in [0.2, 0.25) is 0 Å². The average molecular weight is 1020 g/mol. The zero-order chi connectivity index (χ0) is 50.8. The number of H-pyrrole nitrogens is 1. The van der Waals surface area contributed by atoms with Gasteiger partial charge in [0, 0.05) is 66.7 Å². The summed E-state index contributed by atoms with van der Waals surface area (Å²) in [6.07, 6.45) is 12.2. The molecule has 6 heterocycles. The van der Waals surface area contributed by atoms with Gasteiger partial charge in [-0.05, 0) is 150 Å². The Labute approximate surface area is 427 Å². The third kappa shape index (κ3) is 9.83. The number of rotatable bonds is 14. The van der Waals surface area contributed by atoms with Crippen LogP contribution in [0.1, 0.15) is 125 Å². The summed E-state index contributed by atoms with van der Waals surface area (Å²) >= 11 is 0. The average Bonchev–Trinajstić information content (AvgIpc) is 4.04. The number of carbonyl (C=O) groups excluding carboxylic acids is 1. The van der Waals surface area contributed by atoms with Crippen LogP contribution in [0.4, 0.5) is 17.1 Å². The van der Waals surface area contributed by atoms with Gasteiger partial charge in [0.05, 0.1) is 27.0 Å². The zero-order valence-corrected chi connectivity index (χ0v) is 43.1. The molecule has 11 rings (SSSR count). The van der Waals surface area contributed by atoms with Crippen LogP contribution in [0.5, 0.6) is 23.1 Å². The van der Waals surface area contributed by atoms with Crippen molar-refractivity contribution in [1.82, 2.24) is 24.5 Å². The smallest absolute Gasteiger partial charge is 0.297 e. The molecule has 6 aliphatic rings. The lowest BCUT2D eigenvalue weighted by Gasteiger charge is -2.56. The summed E-state index contributed by atoms with van der Waals surface area (Å²) in [5, 5.41) is 27.0. The molecule has 2 aliphatic carbocycles. The van der Waals surface area contributed by atoms with Gasteiger partial charge in [0.2, 0.25) is 0 Å². The molecular formula is C55H68N8O9S. The van der Waals surface area contributed by atoms with E-state index in [0.29, 0.717) is 55.9 Å². The molecule has 4 aliphatic heterocycles. The van der Waals surface area contributed by atoms with Gasteiger partial charge < -0.3 is 34.5 Å². The van der Waals surface area contributed by atoms with Gasteiger partial charge in [-0.2, -0.15) is 4.98 Å². The number of nitrogens with zero attached hydrogens (tertiary/aromatic N) is 5. The number of nitro benzene ring substituents is 1. The standard InChI is InChI=1S/C55H68N8O9S/c1-34(2)41-8-5-6-9-42(41)45-10-7-22-62(45)39-30-55(31-39)19-24-61(25-20-55)37-11-12-43(47(27-37)72-49-26-36-15-21-56-51(36)58-53(49)71-32-38-16-23-60(38)4)52(64)59-73(68,69)40-28-46(63(66)67)50-48(29-40)70-33-44(57-50)35-13-17-54(3,65)18-14-35/h5-6,8-9,11-12,15,21,26-29,34-35,38-39,44-45,57,65H,7,10,13-14,16-20,22-25,30-33H2,1-4H3,(H,56,58)(H,59,64)/t35?,38-,44+,45+,54?/m0/s1. The van der Waals surface area contributed by atoms with E-state index in [0.717, 1.165) is 62.6 Å². The fourth-order valence-corrected chi connectivity index (χ4v) is 13.6. The lowest BCUT2D eigenvalue weighted by Crippen LogP contribution is -2.54. The van der Waals surface area contributed by atoms with Crippen LogP contribution < -0.4 is 29.1 Å². The van der Waals surface area contributed by atoms with Crippen LogP contribution in [0.15, 0.2) is 77.8 Å². The van der Waals surface area contributed by atoms with Crippen molar-refractivity contribution in [1.29, 1.82) is 0 Å². The lowest BCUT2D eigenvalue weighted by atomic mass is 9.59. The molecule has 0 radical (unpaired) electrons. The minimum Gasteiger partial charge on any atom is -0.489 e. The van der Waals surface area contributed by atoms with Crippen molar-refractivity contribution in [2.24, 2.45) is 11.3 Å². The molecule has 73 heavy (non-hydrogen) atoms. The van der Waals surface area contributed by atoms with Crippen LogP contribution in [-0.2, 0) is 10.0 Å². The zero-order valence-electron chi connectivity index (χ0n) is 42.3. The molecule has 18 heteroatoms. The molecule has 5 fully saturated rings. The molecule has 3 saturated heterocycles. The topological polar surface area (TPSA) is 205 Å². The maximum Gasteiger partial charge on any atom is 0.297 e. The number of benzene rings is 3. The summed E-state index contributed by atoms with van der Waals surface area (Å²) in [4.78, 5) is 41.0. The summed E-state index contributed by atoms with van der Waals surface area (Å²) < 4.78 is 49.6. The number of pyridine rings is 1. The third-order valence-corrected chi connectivity index (χ3v) is 18.5. The second-order valence-corrected chi connectivity index (χ2v) is 24.0. The Hall–Kier alpha value is -5.95. The van der Waals surface area contributed by atoms with E-state index in [9.17, 15) is 28.4 Å². The Morgan fingerprint density at radius 1 is 0.986 bits per heavy atom. The number of hydrogen-bond donors (Lipinski definition) is 4. The monoisotopic (exact) mass is 1020 g/mol. The summed E-state index contributed by atoms with van der Waals surface area (Å²) in [6.45, 7) is 10.6. The minimum atomic E-state index is -4.71. The molecule has 2 aromatic heterocycles. The van der Waals surface area contributed by atoms with Crippen molar-refractivity contribution in [2.75, 3.05) is 56.7 Å². The van der Waals surface area contributed by atoms with Gasteiger partial charge in [-0.3, -0.25) is 24.7 Å². The number of aromatic amines is 1. The highest BCUT2D eigenvalue weighted by atomic mass is 32.2. The SMILES string of the molecule is CC(C)c1ccccc1[C@H]1CCCN1C1CC2(CCN(c3ccc(C(=O)NS(=O)(=O)c4cc5c(c([N+](=O)[O-])c4)N[C@@H](C4CCC(C)(O)CC4)CO5)c(Oc4cc5cc[nH]c5nc4OC[C@@H]4CCN4C)c3)CC2)C1. The molecule has 1 spiro atoms. The molecular weight excluding hydrogens is 949 g/mol. The van der Waals surface area contributed by atoms with E-state index in [4.69, 9.17) is 19.2 Å². The summed E-state index contributed by atoms with van der Waals surface area (Å²) in [5.41, 5.74) is 3.40. The minimum absolute atomic E-state index is 0.00360. The van der Waals surface area contributed by atoms with E-state index in [-0.39, 0.29) is 64.4 Å². The number of aliphatic hydroxyl groups is 1. The first kappa shape index (κ1) is 49.3. The van der Waals surface area contributed by atoms with Gasteiger partial charge in [-0.1, -0.05) is 38.1 Å². The first-order valence-corrected chi connectivity index (χ1v) is 27.7. The first-order chi connectivity index (χ1) is 35.0. The number of nitrogens with one attached hydrogen (secondary N) is 3. The van der Waals surface area contributed by atoms with Crippen molar-refractivity contribution >= 4 is 44.0 Å². The molecule has 1 amide bonds. The van der Waals surface area contributed by atoms with Gasteiger partial charge in [-0.25, -0.2) is 13.1 Å². The van der Waals surface area contributed by atoms with Gasteiger partial charge in [0.15, 0.2) is 17.2 Å². The van der Waals surface area contributed by atoms with Gasteiger partial charge in [0.1, 0.15) is 24.6 Å². The second-order valence-electron chi connectivity index (χ2n) is 22.4. The highest BCUT2D eigenvalue weighted by molar-refractivity contribution is 7.90. The number of carbonyl (C=O) groups is 1. The Morgan fingerprint density at radius 3 is 2.49 bits per heavy atom. The van der Waals surface area contributed by atoms with E-state index in [1.807, 2.05) is 26.1 Å². The molecule has 0 unspecified atom stereocenters. The number of likely N-dealkylation sites (N-methyl/N-ethyl adjacent to an activating group) is 1. The Balaban J connectivity index is 0.841. The predicted octanol–water partition coefficient (Wildman–Crippen LogP) is 9.29. The van der Waals surface area contributed by atoms with Crippen molar-refractivity contribution < 1.29 is 37.5 Å². The molecule has 0 bridgehead atoms. The number of sulfonamides is 1. The van der Waals surface area contributed by atoms with E-state index in [1.165, 1.54) is 42.9 Å². The third-order valence-electron chi connectivity index (χ3n) is 17.2. The molecule has 17 nitrogen and oxygen atoms in total. The normalized spacial score (nSPS) is 25.4. The van der Waals surface area contributed by atoms with Gasteiger partial charge >= 0.3 is 0 Å². The summed E-state index contributed by atoms with van der Waals surface area (Å²) in [6, 6.07) is 20.9. The van der Waals surface area contributed by atoms with Gasteiger partial charge in [-0.15, -0.1) is 0 Å². The fraction of sp³-hybridized carbons (Fsp3) is 0.527. The van der Waals surface area contributed by atoms with Crippen molar-refractivity contribution in [3.05, 3.63) is 99.7 Å². The second kappa shape index (κ2) is 19.4. The quantitative estimate of drug-likeness (QED) is 0.0605. The van der Waals surface area contributed by atoms with E-state index < -0.39 is 37.0 Å². The molecule has 388 valence electrons.